The lowest BCUT2D eigenvalue weighted by Gasteiger charge is -2.34. The van der Waals surface area contributed by atoms with E-state index in [1.54, 1.807) is 0 Å². The number of benzene rings is 11. The third-order valence-electron chi connectivity index (χ3n) is 18.7. The van der Waals surface area contributed by atoms with E-state index >= 15 is 0 Å². The normalized spacial score (nSPS) is 15.3. The first-order chi connectivity index (χ1) is 39.7. The van der Waals surface area contributed by atoms with Crippen LogP contribution >= 0.6 is 0 Å². The molecular weight excluding hydrogens is 1000 g/mol. The molecule has 0 saturated heterocycles. The monoisotopic (exact) mass is 1070 g/mol. The summed E-state index contributed by atoms with van der Waals surface area (Å²) >= 11 is 0. The molecule has 1 nitrogen and oxygen atoms in total. The van der Waals surface area contributed by atoms with Gasteiger partial charge in [-0.15, -0.1) is 0 Å². The van der Waals surface area contributed by atoms with Gasteiger partial charge in [0.25, 0.3) is 0 Å². The Morgan fingerprint density at radius 3 is 1.30 bits per heavy atom. The Kier molecular flexibility index (Phi) is 11.9. The van der Waals surface area contributed by atoms with E-state index in [1.807, 2.05) is 0 Å². The SMILES string of the molecule is CC(C)(C)c1ccc(-c2cc3cc(c2)-c2cccc(c2)C2(c4cccc(c4)-c4cc(-c5ccc(C(C)(C)C)cc5)cc(c4)-c4ccc(C(C)(C)C)cc4C(C)(C)c4ccc-3cc4)c3ccccc3-c3c2ccc2oc4ccccc4c32)cc1. The average Bonchev–Trinajstić information content (AvgIpc) is 2.10. The molecule has 0 amide bonds. The van der Waals surface area contributed by atoms with E-state index in [0.29, 0.717) is 0 Å². The molecule has 1 heteroatoms. The van der Waals surface area contributed by atoms with Crippen LogP contribution in [-0.2, 0) is 27.1 Å². The van der Waals surface area contributed by atoms with Gasteiger partial charge in [0.05, 0.1) is 5.41 Å². The maximum atomic E-state index is 6.71. The van der Waals surface area contributed by atoms with Gasteiger partial charge in [0, 0.05) is 16.2 Å². The van der Waals surface area contributed by atoms with Crippen LogP contribution in [0.2, 0.25) is 0 Å². The second-order valence-corrected chi connectivity index (χ2v) is 27.4. The Hall–Kier alpha value is -8.78. The van der Waals surface area contributed by atoms with Gasteiger partial charge in [0.2, 0.25) is 0 Å². The Bertz CT molecular complexity index is 4540. The van der Waals surface area contributed by atoms with Crippen molar-refractivity contribution in [3.05, 3.63) is 287 Å². The van der Waals surface area contributed by atoms with Crippen molar-refractivity contribution < 1.29 is 4.42 Å². The summed E-state index contributed by atoms with van der Waals surface area (Å²) in [5, 5.41) is 2.29. The molecule has 0 radical (unpaired) electrons. The second kappa shape index (κ2) is 18.9. The predicted molar refractivity (Wildman–Crippen MR) is 352 cm³/mol. The largest absolute Gasteiger partial charge is 0.456 e. The Balaban J connectivity index is 1.09. The Morgan fingerprint density at radius 2 is 0.759 bits per heavy atom. The molecule has 1 atom stereocenters. The molecule has 15 rings (SSSR count). The van der Waals surface area contributed by atoms with Crippen molar-refractivity contribution in [1.29, 1.82) is 0 Å². The first-order valence-electron chi connectivity index (χ1n) is 29.8. The fraction of sp³-hybridized carbons (Fsp3) is 0.195. The molecule has 3 aliphatic rings. The van der Waals surface area contributed by atoms with Gasteiger partial charge in [-0.3, -0.25) is 0 Å². The lowest BCUT2D eigenvalue weighted by Crippen LogP contribution is -2.28. The third-order valence-corrected chi connectivity index (χ3v) is 18.7. The molecular formula is C82H72O. The molecule has 1 unspecified atom stereocenters. The van der Waals surface area contributed by atoms with E-state index < -0.39 is 5.41 Å². The average molecular weight is 1070 g/mol. The zero-order chi connectivity index (χ0) is 57.4. The van der Waals surface area contributed by atoms with Crippen molar-refractivity contribution in [1.82, 2.24) is 0 Å². The summed E-state index contributed by atoms with van der Waals surface area (Å²) in [4.78, 5) is 0. The maximum Gasteiger partial charge on any atom is 0.136 e. The molecule has 1 heterocycles. The summed E-state index contributed by atoms with van der Waals surface area (Å²) in [6.07, 6.45) is 0. The van der Waals surface area contributed by atoms with E-state index in [1.165, 1.54) is 128 Å². The van der Waals surface area contributed by atoms with Gasteiger partial charge in [-0.1, -0.05) is 252 Å². The molecule has 0 saturated carbocycles. The first-order valence-corrected chi connectivity index (χ1v) is 29.8. The van der Waals surface area contributed by atoms with Crippen molar-refractivity contribution in [3.8, 4) is 77.9 Å². The number of hydrogen-bond acceptors (Lipinski definition) is 1. The minimum absolute atomic E-state index is 0.0345. The summed E-state index contributed by atoms with van der Waals surface area (Å²) in [6, 6.07) is 91.2. The van der Waals surface area contributed by atoms with Crippen LogP contribution in [0.1, 0.15) is 126 Å². The van der Waals surface area contributed by atoms with Crippen molar-refractivity contribution in [2.75, 3.05) is 0 Å². The Morgan fingerprint density at radius 1 is 0.289 bits per heavy atom. The molecule has 1 aromatic heterocycles. The van der Waals surface area contributed by atoms with Crippen LogP contribution in [0, 0.1) is 0 Å². The third kappa shape index (κ3) is 8.65. The number of fused-ring (bicyclic) bond motifs is 9. The minimum Gasteiger partial charge on any atom is -0.456 e. The number of furan rings is 1. The van der Waals surface area contributed by atoms with E-state index in [9.17, 15) is 0 Å². The molecule has 406 valence electrons. The van der Waals surface area contributed by atoms with Crippen molar-refractivity contribution in [2.45, 2.75) is 103 Å². The zero-order valence-corrected chi connectivity index (χ0v) is 49.9. The van der Waals surface area contributed by atoms with Crippen LogP contribution in [0.15, 0.2) is 241 Å². The lowest BCUT2D eigenvalue weighted by molar-refractivity contribution is 0.582. The molecule has 12 aromatic rings. The predicted octanol–water partition coefficient (Wildman–Crippen LogP) is 22.5. The second-order valence-electron chi connectivity index (χ2n) is 27.4. The molecule has 11 aromatic carbocycles. The first kappa shape index (κ1) is 52.3. The molecule has 1 spiro atoms. The number of hydrogen-bond donors (Lipinski definition) is 0. The topological polar surface area (TPSA) is 13.1 Å². The fourth-order valence-electron chi connectivity index (χ4n) is 13.8. The van der Waals surface area contributed by atoms with Crippen LogP contribution < -0.4 is 0 Å². The van der Waals surface area contributed by atoms with Crippen molar-refractivity contribution in [2.24, 2.45) is 0 Å². The summed E-state index contributed by atoms with van der Waals surface area (Å²) in [5.74, 6) is 0. The summed E-state index contributed by atoms with van der Waals surface area (Å²) < 4.78 is 6.71. The minimum atomic E-state index is -0.729. The fourth-order valence-corrected chi connectivity index (χ4v) is 13.8. The van der Waals surface area contributed by atoms with E-state index in [4.69, 9.17) is 4.42 Å². The molecule has 0 fully saturated rings. The maximum absolute atomic E-state index is 6.71. The smallest absolute Gasteiger partial charge is 0.136 e. The number of para-hydroxylation sites is 1. The van der Waals surface area contributed by atoms with Gasteiger partial charge in [-0.05, 0) is 205 Å². The van der Waals surface area contributed by atoms with E-state index in [-0.39, 0.29) is 21.7 Å². The van der Waals surface area contributed by atoms with E-state index in [2.05, 4.69) is 313 Å². The highest BCUT2D eigenvalue weighted by molar-refractivity contribution is 6.15. The highest BCUT2D eigenvalue weighted by Crippen LogP contribution is 2.60. The van der Waals surface area contributed by atoms with Gasteiger partial charge >= 0.3 is 0 Å². The van der Waals surface area contributed by atoms with Crippen molar-refractivity contribution >= 4 is 21.9 Å². The molecule has 3 aliphatic carbocycles. The highest BCUT2D eigenvalue weighted by Gasteiger charge is 2.47. The summed E-state index contributed by atoms with van der Waals surface area (Å²) in [6.45, 7) is 25.6. The van der Waals surface area contributed by atoms with Crippen LogP contribution in [0.25, 0.3) is 99.8 Å². The molecule has 10 bridgehead atoms. The van der Waals surface area contributed by atoms with Gasteiger partial charge in [0.1, 0.15) is 11.2 Å². The van der Waals surface area contributed by atoms with Crippen LogP contribution in [0.5, 0.6) is 0 Å². The van der Waals surface area contributed by atoms with Gasteiger partial charge in [-0.2, -0.15) is 0 Å². The molecule has 83 heavy (non-hydrogen) atoms. The van der Waals surface area contributed by atoms with Gasteiger partial charge < -0.3 is 4.42 Å². The van der Waals surface area contributed by atoms with Crippen LogP contribution in [-0.4, -0.2) is 0 Å². The number of rotatable bonds is 2. The standard InChI is InChI=1S/C82H72O/c1-78(2,3)62-32-26-51(27-33-62)56-42-57-44-59(43-56)54-18-16-20-66(48-54)82(71-24-14-12-22-69(71)76-72(82)40-41-75-77(76)70-23-13-15-25-74(70)83-75)67-21-17-19-55(49-67)60-45-58(52-28-34-63(35-29-52)79(4,5)6)46-61(47-60)68-39-38-65(80(7,8)9)50-73(68)81(10,11)64-36-30-53(57)31-37-64/h12-50H,1-11H3. The van der Waals surface area contributed by atoms with Crippen LogP contribution in [0.3, 0.4) is 0 Å². The van der Waals surface area contributed by atoms with Gasteiger partial charge in [-0.25, -0.2) is 0 Å². The summed E-state index contributed by atoms with van der Waals surface area (Å²) in [7, 11) is 0. The quantitative estimate of drug-likeness (QED) is 0.168. The lowest BCUT2D eigenvalue weighted by atomic mass is 9.67. The molecule has 0 aliphatic heterocycles. The molecule has 0 N–H and O–H groups in total. The van der Waals surface area contributed by atoms with Gasteiger partial charge in [0.15, 0.2) is 0 Å². The highest BCUT2D eigenvalue weighted by atomic mass is 16.3. The Labute approximate surface area is 491 Å². The summed E-state index contributed by atoms with van der Waals surface area (Å²) in [5.41, 5.74) is 29.0. The van der Waals surface area contributed by atoms with Crippen molar-refractivity contribution in [3.63, 3.8) is 0 Å². The van der Waals surface area contributed by atoms with Crippen LogP contribution in [0.4, 0.5) is 0 Å². The zero-order valence-electron chi connectivity index (χ0n) is 49.9. The van der Waals surface area contributed by atoms with E-state index in [0.717, 1.165) is 21.9 Å².